The van der Waals surface area contributed by atoms with Gasteiger partial charge in [0.2, 0.25) is 0 Å². The van der Waals surface area contributed by atoms with Crippen LogP contribution in [0.25, 0.3) is 0 Å². The number of ether oxygens (including phenoxy) is 2. The van der Waals surface area contributed by atoms with Gasteiger partial charge in [-0.2, -0.15) is 5.26 Å². The van der Waals surface area contributed by atoms with Gasteiger partial charge in [-0.3, -0.25) is 0 Å². The zero-order valence-corrected chi connectivity index (χ0v) is 11.4. The van der Waals surface area contributed by atoms with Crippen molar-refractivity contribution in [2.24, 2.45) is 5.41 Å². The van der Waals surface area contributed by atoms with Gasteiger partial charge in [0.1, 0.15) is 0 Å². The molecule has 0 aliphatic rings. The van der Waals surface area contributed by atoms with Crippen molar-refractivity contribution < 1.29 is 9.47 Å². The molecule has 0 aromatic heterocycles. The summed E-state index contributed by atoms with van der Waals surface area (Å²) in [6.45, 7) is 8.03. The number of hydrogen-bond donors (Lipinski definition) is 1. The summed E-state index contributed by atoms with van der Waals surface area (Å²) in [4.78, 5) is 0. The van der Waals surface area contributed by atoms with E-state index in [1.165, 1.54) is 0 Å². The van der Waals surface area contributed by atoms with Gasteiger partial charge in [0.05, 0.1) is 24.7 Å². The standard InChI is InChI=1S/C13H26N2O2/c1-13(2,12-14)6-4-7-15-8-5-9-17-11-10-16-3/h15H,4-11H2,1-3H3. The van der Waals surface area contributed by atoms with Crippen molar-refractivity contribution in [3.63, 3.8) is 0 Å². The van der Waals surface area contributed by atoms with Gasteiger partial charge in [-0.15, -0.1) is 0 Å². The molecule has 0 bridgehead atoms. The van der Waals surface area contributed by atoms with Crippen LogP contribution in [0, 0.1) is 16.7 Å². The van der Waals surface area contributed by atoms with Crippen LogP contribution >= 0.6 is 0 Å². The lowest BCUT2D eigenvalue weighted by Gasteiger charge is -2.14. The first-order valence-corrected chi connectivity index (χ1v) is 6.31. The summed E-state index contributed by atoms with van der Waals surface area (Å²) in [5.41, 5.74) is -0.190. The second kappa shape index (κ2) is 10.5. The third kappa shape index (κ3) is 11.6. The Morgan fingerprint density at radius 3 is 2.47 bits per heavy atom. The van der Waals surface area contributed by atoms with Crippen LogP contribution in [0.4, 0.5) is 0 Å². The van der Waals surface area contributed by atoms with E-state index in [1.807, 2.05) is 13.8 Å². The fourth-order valence-corrected chi connectivity index (χ4v) is 1.38. The summed E-state index contributed by atoms with van der Waals surface area (Å²) < 4.78 is 10.2. The first-order valence-electron chi connectivity index (χ1n) is 6.31. The monoisotopic (exact) mass is 242 g/mol. The Bertz CT molecular complexity index is 212. The van der Waals surface area contributed by atoms with Crippen LogP contribution in [0.3, 0.4) is 0 Å². The van der Waals surface area contributed by atoms with E-state index in [2.05, 4.69) is 11.4 Å². The highest BCUT2D eigenvalue weighted by atomic mass is 16.5. The molecule has 0 aliphatic carbocycles. The zero-order valence-electron chi connectivity index (χ0n) is 11.4. The van der Waals surface area contributed by atoms with Gasteiger partial charge in [0.25, 0.3) is 0 Å². The van der Waals surface area contributed by atoms with E-state index in [4.69, 9.17) is 14.7 Å². The van der Waals surface area contributed by atoms with Gasteiger partial charge in [-0.05, 0) is 46.2 Å². The lowest BCUT2D eigenvalue weighted by Crippen LogP contribution is -2.20. The molecular weight excluding hydrogens is 216 g/mol. The largest absolute Gasteiger partial charge is 0.382 e. The number of nitrogens with zero attached hydrogens (tertiary/aromatic N) is 1. The fraction of sp³-hybridized carbons (Fsp3) is 0.923. The first kappa shape index (κ1) is 16.4. The highest BCUT2D eigenvalue weighted by Gasteiger charge is 2.14. The lowest BCUT2D eigenvalue weighted by atomic mass is 9.90. The molecule has 0 rings (SSSR count). The molecule has 0 amide bonds. The maximum atomic E-state index is 8.84. The molecule has 100 valence electrons. The summed E-state index contributed by atoms with van der Waals surface area (Å²) in [5.74, 6) is 0. The third-order valence-electron chi connectivity index (χ3n) is 2.53. The lowest BCUT2D eigenvalue weighted by molar-refractivity contribution is 0.0695. The average Bonchev–Trinajstić information content (AvgIpc) is 2.31. The molecule has 0 saturated carbocycles. The molecule has 0 saturated heterocycles. The predicted molar refractivity (Wildman–Crippen MR) is 68.8 cm³/mol. The van der Waals surface area contributed by atoms with E-state index in [1.54, 1.807) is 7.11 Å². The molecule has 0 atom stereocenters. The molecular formula is C13H26N2O2. The number of rotatable bonds is 11. The summed E-state index contributed by atoms with van der Waals surface area (Å²) >= 11 is 0. The van der Waals surface area contributed by atoms with Crippen LogP contribution < -0.4 is 5.32 Å². The summed E-state index contributed by atoms with van der Waals surface area (Å²) in [6, 6.07) is 2.31. The predicted octanol–water partition coefficient (Wildman–Crippen LogP) is 1.96. The van der Waals surface area contributed by atoms with Crippen molar-refractivity contribution in [1.29, 1.82) is 5.26 Å². The van der Waals surface area contributed by atoms with E-state index < -0.39 is 0 Å². The topological polar surface area (TPSA) is 54.3 Å². The third-order valence-corrected chi connectivity index (χ3v) is 2.53. The van der Waals surface area contributed by atoms with Gasteiger partial charge in [0.15, 0.2) is 0 Å². The Hall–Kier alpha value is -0.630. The summed E-state index contributed by atoms with van der Waals surface area (Å²) in [5, 5.41) is 12.2. The average molecular weight is 242 g/mol. The number of nitriles is 1. The Morgan fingerprint density at radius 2 is 1.82 bits per heavy atom. The van der Waals surface area contributed by atoms with Crippen molar-refractivity contribution in [3.8, 4) is 6.07 Å². The van der Waals surface area contributed by atoms with Crippen LogP contribution in [-0.2, 0) is 9.47 Å². The molecule has 0 aromatic rings. The van der Waals surface area contributed by atoms with Gasteiger partial charge < -0.3 is 14.8 Å². The van der Waals surface area contributed by atoms with Crippen molar-refractivity contribution in [3.05, 3.63) is 0 Å². The van der Waals surface area contributed by atoms with E-state index in [0.29, 0.717) is 13.2 Å². The Kier molecular flexibility index (Phi) is 10.1. The molecule has 4 heteroatoms. The minimum atomic E-state index is -0.190. The maximum Gasteiger partial charge on any atom is 0.0700 e. The van der Waals surface area contributed by atoms with Crippen molar-refractivity contribution in [2.75, 3.05) is 40.0 Å². The minimum absolute atomic E-state index is 0.190. The van der Waals surface area contributed by atoms with Gasteiger partial charge in [-0.25, -0.2) is 0 Å². The normalized spacial score (nSPS) is 11.4. The molecule has 0 radical (unpaired) electrons. The Labute approximate surface area is 105 Å². The van der Waals surface area contributed by atoms with Crippen molar-refractivity contribution in [2.45, 2.75) is 33.1 Å². The zero-order chi connectivity index (χ0) is 13.0. The van der Waals surface area contributed by atoms with Gasteiger partial charge >= 0.3 is 0 Å². The molecule has 1 N–H and O–H groups in total. The van der Waals surface area contributed by atoms with E-state index in [0.717, 1.165) is 39.0 Å². The van der Waals surface area contributed by atoms with Crippen LogP contribution in [0.2, 0.25) is 0 Å². The number of nitrogens with one attached hydrogen (secondary N) is 1. The SMILES string of the molecule is COCCOCCCNCCCC(C)(C)C#N. The highest BCUT2D eigenvalue weighted by Crippen LogP contribution is 2.19. The van der Waals surface area contributed by atoms with Crippen molar-refractivity contribution in [1.82, 2.24) is 5.32 Å². The van der Waals surface area contributed by atoms with E-state index in [9.17, 15) is 0 Å². The van der Waals surface area contributed by atoms with Crippen LogP contribution in [0.1, 0.15) is 33.1 Å². The quantitative estimate of drug-likeness (QED) is 0.563. The summed E-state index contributed by atoms with van der Waals surface area (Å²) in [6.07, 6.45) is 3.01. The molecule has 0 aliphatic heterocycles. The molecule has 0 unspecified atom stereocenters. The molecule has 0 heterocycles. The summed E-state index contributed by atoms with van der Waals surface area (Å²) in [7, 11) is 1.67. The highest BCUT2D eigenvalue weighted by molar-refractivity contribution is 4.91. The molecule has 0 spiro atoms. The fourth-order valence-electron chi connectivity index (χ4n) is 1.38. The molecule has 4 nitrogen and oxygen atoms in total. The maximum absolute atomic E-state index is 8.84. The number of hydrogen-bond acceptors (Lipinski definition) is 4. The number of methoxy groups -OCH3 is 1. The van der Waals surface area contributed by atoms with Crippen molar-refractivity contribution >= 4 is 0 Å². The second-order valence-corrected chi connectivity index (χ2v) is 4.81. The Balaban J connectivity index is 3.12. The molecule has 0 aromatic carbocycles. The minimum Gasteiger partial charge on any atom is -0.382 e. The van der Waals surface area contributed by atoms with E-state index >= 15 is 0 Å². The van der Waals surface area contributed by atoms with Crippen LogP contribution in [0.5, 0.6) is 0 Å². The molecule has 0 fully saturated rings. The van der Waals surface area contributed by atoms with Gasteiger partial charge in [-0.1, -0.05) is 0 Å². The molecule has 17 heavy (non-hydrogen) atoms. The van der Waals surface area contributed by atoms with E-state index in [-0.39, 0.29) is 5.41 Å². The van der Waals surface area contributed by atoms with Crippen LogP contribution in [-0.4, -0.2) is 40.0 Å². The second-order valence-electron chi connectivity index (χ2n) is 4.81. The smallest absolute Gasteiger partial charge is 0.0700 e. The van der Waals surface area contributed by atoms with Crippen LogP contribution in [0.15, 0.2) is 0 Å². The van der Waals surface area contributed by atoms with Gasteiger partial charge in [0, 0.05) is 13.7 Å². The first-order chi connectivity index (χ1) is 8.12. The Morgan fingerprint density at radius 1 is 1.12 bits per heavy atom.